The van der Waals surface area contributed by atoms with E-state index >= 15 is 0 Å². The summed E-state index contributed by atoms with van der Waals surface area (Å²) in [6, 6.07) is 5.57. The minimum Gasteiger partial charge on any atom is -0.327 e. The molecule has 0 bridgehead atoms. The molecule has 128 valence electrons. The molecule has 2 unspecified atom stereocenters. The summed E-state index contributed by atoms with van der Waals surface area (Å²) in [6.45, 7) is 4.38. The van der Waals surface area contributed by atoms with E-state index < -0.39 is 0 Å². The molecule has 1 amide bonds. The Kier molecular flexibility index (Phi) is 9.48. The molecule has 0 aromatic carbocycles. The van der Waals surface area contributed by atoms with Crippen molar-refractivity contribution in [2.24, 2.45) is 11.7 Å². The Bertz CT molecular complexity index is 589. The van der Waals surface area contributed by atoms with Crippen molar-refractivity contribution >= 4 is 36.5 Å². The van der Waals surface area contributed by atoms with Crippen LogP contribution in [0.2, 0.25) is 0 Å². The Labute approximate surface area is 148 Å². The molecule has 2 rings (SSSR count). The minimum atomic E-state index is -0.244. The predicted octanol–water partition coefficient (Wildman–Crippen LogP) is 2.29. The van der Waals surface area contributed by atoms with Crippen LogP contribution in [0.5, 0.6) is 0 Å². The fourth-order valence-electron chi connectivity index (χ4n) is 1.82. The number of carbonyl (C=O) groups is 1. The highest BCUT2D eigenvalue weighted by atomic mass is 35.5. The molecule has 0 fully saturated rings. The number of pyridine rings is 1. The van der Waals surface area contributed by atoms with Gasteiger partial charge in [-0.25, -0.2) is 0 Å². The number of carbonyl (C=O) groups excluding carboxylic acids is 1. The van der Waals surface area contributed by atoms with Crippen molar-refractivity contribution in [3.63, 3.8) is 0 Å². The number of anilines is 1. The second kappa shape index (κ2) is 10.2. The van der Waals surface area contributed by atoms with Crippen molar-refractivity contribution in [2.75, 3.05) is 5.32 Å². The fraction of sp³-hybridized carbons (Fsp3) is 0.400. The van der Waals surface area contributed by atoms with Crippen LogP contribution in [0.15, 0.2) is 36.8 Å². The smallest absolute Gasteiger partial charge is 0.229 e. The molecule has 6 nitrogen and oxygen atoms in total. The molecule has 0 aliphatic heterocycles. The van der Waals surface area contributed by atoms with Gasteiger partial charge in [0.25, 0.3) is 0 Å². The number of hydrogen-bond acceptors (Lipinski definition) is 4. The number of nitrogens with one attached hydrogen (secondary N) is 1. The summed E-state index contributed by atoms with van der Waals surface area (Å²) >= 11 is 0. The van der Waals surface area contributed by atoms with Crippen LogP contribution in [-0.2, 0) is 17.8 Å². The number of halogens is 2. The lowest BCUT2D eigenvalue weighted by Crippen LogP contribution is -2.34. The number of amides is 1. The molecule has 0 spiro atoms. The van der Waals surface area contributed by atoms with E-state index in [9.17, 15) is 4.79 Å². The number of hydrogen-bond donors (Lipinski definition) is 2. The Hall–Kier alpha value is -1.63. The first-order valence-electron chi connectivity index (χ1n) is 7.05. The molecule has 0 saturated carbocycles. The normalized spacial score (nSPS) is 12.5. The van der Waals surface area contributed by atoms with Gasteiger partial charge in [-0.3, -0.25) is 14.5 Å². The average molecular weight is 360 g/mol. The molecule has 0 radical (unpaired) electrons. The van der Waals surface area contributed by atoms with E-state index in [0.29, 0.717) is 5.82 Å². The Morgan fingerprint density at radius 1 is 1.26 bits per heavy atom. The molecule has 0 aliphatic rings. The highest BCUT2D eigenvalue weighted by Crippen LogP contribution is 2.08. The zero-order valence-electron chi connectivity index (χ0n) is 13.2. The monoisotopic (exact) mass is 359 g/mol. The second-order valence-corrected chi connectivity index (χ2v) is 5.21. The third kappa shape index (κ3) is 6.56. The molecule has 23 heavy (non-hydrogen) atoms. The van der Waals surface area contributed by atoms with Gasteiger partial charge in [-0.2, -0.15) is 5.10 Å². The maximum absolute atomic E-state index is 11.9. The summed E-state index contributed by atoms with van der Waals surface area (Å²) in [5.74, 6) is 0.207. The molecular formula is C15H23Cl2N5O. The molecule has 2 heterocycles. The quantitative estimate of drug-likeness (QED) is 0.828. The van der Waals surface area contributed by atoms with Crippen LogP contribution in [-0.4, -0.2) is 26.7 Å². The summed E-state index contributed by atoms with van der Waals surface area (Å²) < 4.78 is 1.81. The lowest BCUT2D eigenvalue weighted by atomic mass is 10.0. The van der Waals surface area contributed by atoms with Gasteiger partial charge in [0.1, 0.15) is 0 Å². The van der Waals surface area contributed by atoms with Gasteiger partial charge in [-0.1, -0.05) is 6.92 Å². The number of nitrogens with two attached hydrogens (primary N) is 1. The van der Waals surface area contributed by atoms with Crippen molar-refractivity contribution in [3.8, 4) is 0 Å². The second-order valence-electron chi connectivity index (χ2n) is 5.21. The topological polar surface area (TPSA) is 85.8 Å². The molecule has 2 aromatic heterocycles. The number of aromatic nitrogens is 3. The third-order valence-corrected chi connectivity index (χ3v) is 3.47. The van der Waals surface area contributed by atoms with Crippen LogP contribution >= 0.6 is 24.8 Å². The van der Waals surface area contributed by atoms with Gasteiger partial charge >= 0.3 is 0 Å². The van der Waals surface area contributed by atoms with Crippen LogP contribution in [0.1, 0.15) is 19.4 Å². The van der Waals surface area contributed by atoms with Gasteiger partial charge in [0.15, 0.2) is 5.82 Å². The maximum Gasteiger partial charge on any atom is 0.229 e. The number of aryl methyl sites for hydroxylation is 2. The van der Waals surface area contributed by atoms with Gasteiger partial charge < -0.3 is 11.1 Å². The highest BCUT2D eigenvalue weighted by Gasteiger charge is 2.17. The Balaban J connectivity index is 0.00000242. The first kappa shape index (κ1) is 21.4. The van der Waals surface area contributed by atoms with E-state index in [0.717, 1.165) is 13.0 Å². The van der Waals surface area contributed by atoms with E-state index in [1.165, 1.54) is 5.56 Å². The summed E-state index contributed by atoms with van der Waals surface area (Å²) in [7, 11) is 0. The molecular weight excluding hydrogens is 337 g/mol. The standard InChI is InChI=1S/C15H21N5O.2ClH/c1-11(12(2)16)15(21)18-14-6-10-20(19-14)9-5-13-3-7-17-8-4-13;;/h3-4,6-8,10-12H,5,9,16H2,1-2H3,(H,18,19,21);2*1H. The van der Waals surface area contributed by atoms with Crippen molar-refractivity contribution in [2.45, 2.75) is 32.9 Å². The van der Waals surface area contributed by atoms with Crippen LogP contribution in [0.25, 0.3) is 0 Å². The summed E-state index contributed by atoms with van der Waals surface area (Å²) in [5.41, 5.74) is 6.92. The molecule has 0 saturated heterocycles. The summed E-state index contributed by atoms with van der Waals surface area (Å²) in [4.78, 5) is 15.9. The fourth-order valence-corrected chi connectivity index (χ4v) is 1.82. The average Bonchev–Trinajstić information content (AvgIpc) is 2.92. The number of rotatable bonds is 6. The highest BCUT2D eigenvalue weighted by molar-refractivity contribution is 5.91. The van der Waals surface area contributed by atoms with Crippen molar-refractivity contribution in [1.29, 1.82) is 0 Å². The third-order valence-electron chi connectivity index (χ3n) is 3.47. The molecule has 3 N–H and O–H groups in total. The van der Waals surface area contributed by atoms with Crippen LogP contribution < -0.4 is 11.1 Å². The van der Waals surface area contributed by atoms with Gasteiger partial charge in [0.05, 0.1) is 5.92 Å². The minimum absolute atomic E-state index is 0. The Morgan fingerprint density at radius 3 is 2.52 bits per heavy atom. The van der Waals surface area contributed by atoms with Gasteiger partial charge in [0.2, 0.25) is 5.91 Å². The van der Waals surface area contributed by atoms with Crippen LogP contribution in [0.3, 0.4) is 0 Å². The Morgan fingerprint density at radius 2 is 1.91 bits per heavy atom. The zero-order valence-corrected chi connectivity index (χ0v) is 14.8. The van der Waals surface area contributed by atoms with Crippen molar-refractivity contribution < 1.29 is 4.79 Å². The molecule has 8 heteroatoms. The van der Waals surface area contributed by atoms with Gasteiger partial charge in [-0.15, -0.1) is 24.8 Å². The van der Waals surface area contributed by atoms with Crippen molar-refractivity contribution in [3.05, 3.63) is 42.4 Å². The van der Waals surface area contributed by atoms with E-state index in [-0.39, 0.29) is 42.7 Å². The lowest BCUT2D eigenvalue weighted by molar-refractivity contribution is -0.119. The lowest BCUT2D eigenvalue weighted by Gasteiger charge is -2.13. The first-order valence-corrected chi connectivity index (χ1v) is 7.05. The number of nitrogens with zero attached hydrogens (tertiary/aromatic N) is 3. The van der Waals surface area contributed by atoms with E-state index in [4.69, 9.17) is 5.73 Å². The van der Waals surface area contributed by atoms with Gasteiger partial charge in [0, 0.05) is 37.2 Å². The largest absolute Gasteiger partial charge is 0.327 e. The molecule has 2 atom stereocenters. The maximum atomic E-state index is 11.9. The summed E-state index contributed by atoms with van der Waals surface area (Å²) in [5, 5.41) is 7.12. The molecule has 0 aliphatic carbocycles. The van der Waals surface area contributed by atoms with E-state index in [2.05, 4.69) is 15.4 Å². The predicted molar refractivity (Wildman–Crippen MR) is 96.1 cm³/mol. The van der Waals surface area contributed by atoms with Crippen LogP contribution in [0, 0.1) is 5.92 Å². The zero-order chi connectivity index (χ0) is 15.2. The molecule has 2 aromatic rings. The summed E-state index contributed by atoms with van der Waals surface area (Å²) in [6.07, 6.45) is 6.28. The van der Waals surface area contributed by atoms with E-state index in [1.54, 1.807) is 25.4 Å². The van der Waals surface area contributed by atoms with Crippen molar-refractivity contribution in [1.82, 2.24) is 14.8 Å². The van der Waals surface area contributed by atoms with E-state index in [1.807, 2.05) is 29.9 Å². The van der Waals surface area contributed by atoms with Crippen LogP contribution in [0.4, 0.5) is 5.82 Å². The van der Waals surface area contributed by atoms with Gasteiger partial charge in [-0.05, 0) is 31.0 Å². The SMILES string of the molecule is CC(N)C(C)C(=O)Nc1ccn(CCc2ccncc2)n1.Cl.Cl. The first-order chi connectivity index (χ1) is 10.1.